The lowest BCUT2D eigenvalue weighted by atomic mass is 9.72. The smallest absolute Gasteiger partial charge is 0.223 e. The number of nitrogens with one attached hydrogen (secondary N) is 1. The van der Waals surface area contributed by atoms with Crippen LogP contribution in [0.15, 0.2) is 18.6 Å². The third kappa shape index (κ3) is 3.07. The molecule has 0 spiro atoms. The molecule has 3 aliphatic heterocycles. The second-order valence-corrected chi connectivity index (χ2v) is 7.49. The molecule has 7 nitrogen and oxygen atoms in total. The molecule has 2 amide bonds. The molecule has 4 atom stereocenters. The number of hydrogen-bond acceptors (Lipinski definition) is 5. The number of anilines is 1. The summed E-state index contributed by atoms with van der Waals surface area (Å²) < 4.78 is 0. The lowest BCUT2D eigenvalue weighted by molar-refractivity contribution is -0.149. The van der Waals surface area contributed by atoms with Crippen LogP contribution in [0.3, 0.4) is 0 Å². The number of carbonyl (C=O) groups is 2. The van der Waals surface area contributed by atoms with Crippen molar-refractivity contribution in [2.45, 2.75) is 44.7 Å². The zero-order valence-electron chi connectivity index (χ0n) is 14.6. The van der Waals surface area contributed by atoms with Crippen LogP contribution in [-0.2, 0) is 9.59 Å². The van der Waals surface area contributed by atoms with Crippen LogP contribution < -0.4 is 10.2 Å². The minimum Gasteiger partial charge on any atom is -0.355 e. The predicted molar refractivity (Wildman–Crippen MR) is 92.8 cm³/mol. The minimum atomic E-state index is -0.0373. The fourth-order valence-corrected chi connectivity index (χ4v) is 4.93. The number of rotatable bonds is 3. The van der Waals surface area contributed by atoms with Gasteiger partial charge in [-0.05, 0) is 31.1 Å². The highest BCUT2D eigenvalue weighted by Gasteiger charge is 2.49. The lowest BCUT2D eigenvalue weighted by Gasteiger charge is -2.56. The van der Waals surface area contributed by atoms with Gasteiger partial charge < -0.3 is 15.1 Å². The van der Waals surface area contributed by atoms with Crippen molar-refractivity contribution >= 4 is 17.6 Å². The normalized spacial score (nSPS) is 31.5. The van der Waals surface area contributed by atoms with Gasteiger partial charge in [0.1, 0.15) is 5.82 Å². The number of carbonyl (C=O) groups excluding carboxylic acids is 2. The van der Waals surface area contributed by atoms with E-state index in [1.54, 1.807) is 12.4 Å². The summed E-state index contributed by atoms with van der Waals surface area (Å²) in [6.45, 7) is 3.86. The first-order chi connectivity index (χ1) is 12.1. The molecule has 3 fully saturated rings. The highest BCUT2D eigenvalue weighted by molar-refractivity contribution is 5.78. The molecule has 0 saturated carbocycles. The Balaban J connectivity index is 1.61. The van der Waals surface area contributed by atoms with Crippen molar-refractivity contribution in [1.82, 2.24) is 20.2 Å². The zero-order valence-corrected chi connectivity index (χ0v) is 14.6. The summed E-state index contributed by atoms with van der Waals surface area (Å²) in [7, 11) is 0. The van der Waals surface area contributed by atoms with Gasteiger partial charge in [-0.15, -0.1) is 0 Å². The molecule has 0 unspecified atom stereocenters. The largest absolute Gasteiger partial charge is 0.355 e. The standard InChI is InChI=1S/C18H25N5O2/c1-12(24)21-8-16-14-7-13(15-3-2-4-18(25)23(15)16)10-22(11-14)17-9-19-5-6-20-17/h5-6,9,13-16H,2-4,7-8,10-11H2,1H3,(H,21,24)/t13-,14+,15+,16+/m1/s1. The van der Waals surface area contributed by atoms with E-state index in [4.69, 9.17) is 0 Å². The van der Waals surface area contributed by atoms with Crippen LogP contribution in [-0.4, -0.2) is 58.4 Å². The molecular weight excluding hydrogens is 318 g/mol. The van der Waals surface area contributed by atoms with Crippen molar-refractivity contribution in [1.29, 1.82) is 0 Å². The fraction of sp³-hybridized carbons (Fsp3) is 0.667. The molecule has 2 bridgehead atoms. The van der Waals surface area contributed by atoms with E-state index in [1.165, 1.54) is 6.92 Å². The van der Waals surface area contributed by atoms with Crippen molar-refractivity contribution < 1.29 is 9.59 Å². The first-order valence-corrected chi connectivity index (χ1v) is 9.20. The zero-order chi connectivity index (χ0) is 17.4. The number of aromatic nitrogens is 2. The van der Waals surface area contributed by atoms with Gasteiger partial charge in [-0.2, -0.15) is 0 Å². The lowest BCUT2D eigenvalue weighted by Crippen LogP contribution is -2.67. The van der Waals surface area contributed by atoms with E-state index in [0.717, 1.165) is 38.2 Å². The summed E-state index contributed by atoms with van der Waals surface area (Å²) in [6.07, 6.45) is 9.02. The second kappa shape index (κ2) is 6.61. The average molecular weight is 343 g/mol. The van der Waals surface area contributed by atoms with E-state index < -0.39 is 0 Å². The second-order valence-electron chi connectivity index (χ2n) is 7.49. The number of piperidine rings is 3. The van der Waals surface area contributed by atoms with E-state index >= 15 is 0 Å². The molecule has 25 heavy (non-hydrogen) atoms. The first kappa shape index (κ1) is 16.3. The third-order valence-electron chi connectivity index (χ3n) is 5.93. The molecule has 1 aromatic rings. The summed E-state index contributed by atoms with van der Waals surface area (Å²) in [4.78, 5) is 37.2. The van der Waals surface area contributed by atoms with E-state index in [9.17, 15) is 9.59 Å². The molecule has 3 aliphatic rings. The monoisotopic (exact) mass is 343 g/mol. The van der Waals surface area contributed by atoms with Crippen molar-refractivity contribution in [2.75, 3.05) is 24.5 Å². The van der Waals surface area contributed by atoms with Crippen LogP contribution in [0.2, 0.25) is 0 Å². The van der Waals surface area contributed by atoms with Crippen molar-refractivity contribution in [2.24, 2.45) is 11.8 Å². The molecule has 0 aromatic carbocycles. The van der Waals surface area contributed by atoms with Gasteiger partial charge in [0.15, 0.2) is 0 Å². The molecule has 0 radical (unpaired) electrons. The van der Waals surface area contributed by atoms with Crippen LogP contribution in [0.1, 0.15) is 32.6 Å². The molecular formula is C18H25N5O2. The van der Waals surface area contributed by atoms with Gasteiger partial charge in [-0.3, -0.25) is 14.6 Å². The van der Waals surface area contributed by atoms with E-state index in [2.05, 4.69) is 25.1 Å². The van der Waals surface area contributed by atoms with Crippen molar-refractivity contribution in [3.8, 4) is 0 Å². The summed E-state index contributed by atoms with van der Waals surface area (Å²) in [5.41, 5.74) is 0. The van der Waals surface area contributed by atoms with Crippen LogP contribution in [0.25, 0.3) is 0 Å². The van der Waals surface area contributed by atoms with E-state index in [1.807, 2.05) is 6.20 Å². The molecule has 1 N–H and O–H groups in total. The molecule has 3 saturated heterocycles. The van der Waals surface area contributed by atoms with Gasteiger partial charge in [0.2, 0.25) is 11.8 Å². The molecule has 0 aliphatic carbocycles. The fourth-order valence-electron chi connectivity index (χ4n) is 4.93. The summed E-state index contributed by atoms with van der Waals surface area (Å²) >= 11 is 0. The highest BCUT2D eigenvalue weighted by Crippen LogP contribution is 2.42. The minimum absolute atomic E-state index is 0.0373. The number of amides is 2. The van der Waals surface area contributed by atoms with Gasteiger partial charge in [0, 0.05) is 51.4 Å². The number of fused-ring (bicyclic) bond motifs is 4. The molecule has 7 heteroatoms. The highest BCUT2D eigenvalue weighted by atomic mass is 16.2. The SMILES string of the molecule is CC(=O)NC[C@H]1[C@H]2C[C@H](CN(c3cnccn3)C2)[C@@H]2CCCC(=O)N21. The van der Waals surface area contributed by atoms with Gasteiger partial charge >= 0.3 is 0 Å². The van der Waals surface area contributed by atoms with Gasteiger partial charge in [0.05, 0.1) is 12.2 Å². The van der Waals surface area contributed by atoms with Crippen LogP contribution in [0, 0.1) is 11.8 Å². The van der Waals surface area contributed by atoms with Crippen LogP contribution >= 0.6 is 0 Å². The van der Waals surface area contributed by atoms with Gasteiger partial charge in [0.25, 0.3) is 0 Å². The molecule has 1 aromatic heterocycles. The Morgan fingerprint density at radius 2 is 2.16 bits per heavy atom. The van der Waals surface area contributed by atoms with Gasteiger partial charge in [-0.25, -0.2) is 4.98 Å². The number of nitrogens with zero attached hydrogens (tertiary/aromatic N) is 4. The third-order valence-corrected chi connectivity index (χ3v) is 5.93. The summed E-state index contributed by atoms with van der Waals surface area (Å²) in [5, 5.41) is 2.95. The Kier molecular flexibility index (Phi) is 4.31. The van der Waals surface area contributed by atoms with Gasteiger partial charge in [-0.1, -0.05) is 0 Å². The van der Waals surface area contributed by atoms with Crippen molar-refractivity contribution in [3.05, 3.63) is 18.6 Å². The summed E-state index contributed by atoms with van der Waals surface area (Å²) in [6, 6.07) is 0.369. The number of hydrogen-bond donors (Lipinski definition) is 1. The maximum Gasteiger partial charge on any atom is 0.223 e. The first-order valence-electron chi connectivity index (χ1n) is 9.20. The van der Waals surface area contributed by atoms with Crippen LogP contribution in [0.4, 0.5) is 5.82 Å². The van der Waals surface area contributed by atoms with E-state index in [0.29, 0.717) is 24.8 Å². The topological polar surface area (TPSA) is 78.4 Å². The Morgan fingerprint density at radius 3 is 2.92 bits per heavy atom. The Bertz CT molecular complexity index is 652. The quantitative estimate of drug-likeness (QED) is 0.879. The van der Waals surface area contributed by atoms with E-state index in [-0.39, 0.29) is 23.9 Å². The predicted octanol–water partition coefficient (Wildman–Crippen LogP) is 0.818. The Hall–Kier alpha value is -2.18. The van der Waals surface area contributed by atoms with Crippen LogP contribution in [0.5, 0.6) is 0 Å². The Labute approximate surface area is 147 Å². The maximum atomic E-state index is 12.6. The molecule has 134 valence electrons. The maximum absolute atomic E-state index is 12.6. The summed E-state index contributed by atoms with van der Waals surface area (Å²) in [5.74, 6) is 1.95. The molecule has 4 heterocycles. The Morgan fingerprint density at radius 1 is 1.32 bits per heavy atom. The van der Waals surface area contributed by atoms with Crippen molar-refractivity contribution in [3.63, 3.8) is 0 Å². The average Bonchev–Trinajstić information content (AvgIpc) is 2.62. The molecule has 4 rings (SSSR count).